The molecular formula is C19H14N4O4S. The van der Waals surface area contributed by atoms with E-state index in [1.54, 1.807) is 30.3 Å². The molecule has 5 rings (SSSR count). The Balaban J connectivity index is 1.75. The third-order valence-corrected chi connectivity index (χ3v) is 5.51. The molecule has 0 radical (unpaired) electrons. The van der Waals surface area contributed by atoms with Gasteiger partial charge in [0.2, 0.25) is 20.6 Å². The van der Waals surface area contributed by atoms with Crippen LogP contribution in [0.5, 0.6) is 0 Å². The molecule has 0 fully saturated rings. The zero-order chi connectivity index (χ0) is 19.5. The van der Waals surface area contributed by atoms with E-state index in [2.05, 4.69) is 15.0 Å². The first-order valence-corrected chi connectivity index (χ1v) is 10.4. The Morgan fingerprint density at radius 2 is 1.82 bits per heavy atom. The van der Waals surface area contributed by atoms with Gasteiger partial charge in [0.15, 0.2) is 0 Å². The predicted octanol–water partition coefficient (Wildman–Crippen LogP) is 2.47. The van der Waals surface area contributed by atoms with Crippen LogP contribution in [0.4, 0.5) is 0 Å². The normalized spacial score (nSPS) is 12.3. The lowest BCUT2D eigenvalue weighted by molar-refractivity contribution is 0.578. The fraction of sp³-hybridized carbons (Fsp3) is 0.105. The molecule has 28 heavy (non-hydrogen) atoms. The zero-order valence-corrected chi connectivity index (χ0v) is 15.5. The number of fused-ring (bicyclic) bond motifs is 4. The van der Waals surface area contributed by atoms with Crippen molar-refractivity contribution in [3.8, 4) is 0 Å². The highest BCUT2D eigenvalue weighted by Crippen LogP contribution is 2.25. The molecule has 0 saturated heterocycles. The number of nitrogens with one attached hydrogen (secondary N) is 1. The highest BCUT2D eigenvalue weighted by molar-refractivity contribution is 7.90. The van der Waals surface area contributed by atoms with Crippen LogP contribution in [-0.2, 0) is 16.4 Å². The molecule has 0 saturated carbocycles. The van der Waals surface area contributed by atoms with E-state index < -0.39 is 15.4 Å². The van der Waals surface area contributed by atoms with Crippen molar-refractivity contribution in [3.63, 3.8) is 0 Å². The average Bonchev–Trinajstić information content (AvgIpc) is 3.21. The Morgan fingerprint density at radius 3 is 2.64 bits per heavy atom. The lowest BCUT2D eigenvalue weighted by Gasteiger charge is -2.07. The number of hydrogen-bond acceptors (Lipinski definition) is 6. The Hall–Kier alpha value is -3.46. The van der Waals surface area contributed by atoms with Crippen molar-refractivity contribution in [2.45, 2.75) is 11.7 Å². The average molecular weight is 394 g/mol. The maximum absolute atomic E-state index is 12.5. The molecule has 3 heterocycles. The number of aromatic amines is 1. The highest BCUT2D eigenvalue weighted by atomic mass is 32.2. The standard InChI is InChI=1S/C19H14N4O4S/c1-28(25,26)19-20-12-7-3-4-8-13(12)23(19)10-15-21-16-11-6-2-5-9-14(11)27-17(16)18(24)22-15/h2-9H,10H2,1H3,(H,21,22,24). The first kappa shape index (κ1) is 16.7. The van der Waals surface area contributed by atoms with Crippen LogP contribution in [0, 0.1) is 0 Å². The second-order valence-electron chi connectivity index (χ2n) is 6.53. The molecule has 5 aromatic rings. The van der Waals surface area contributed by atoms with E-state index >= 15 is 0 Å². The van der Waals surface area contributed by atoms with Gasteiger partial charge in [-0.05, 0) is 24.3 Å². The summed E-state index contributed by atoms with van der Waals surface area (Å²) in [5.41, 5.74) is 1.94. The lowest BCUT2D eigenvalue weighted by atomic mass is 10.2. The molecule has 0 amide bonds. The van der Waals surface area contributed by atoms with Crippen molar-refractivity contribution in [3.05, 3.63) is 64.7 Å². The largest absolute Gasteiger partial charge is 0.449 e. The molecule has 140 valence electrons. The summed E-state index contributed by atoms with van der Waals surface area (Å²) in [6, 6.07) is 14.4. The monoisotopic (exact) mass is 394 g/mol. The summed E-state index contributed by atoms with van der Waals surface area (Å²) in [5.74, 6) is 0.317. The van der Waals surface area contributed by atoms with Crippen molar-refractivity contribution in [1.29, 1.82) is 0 Å². The molecule has 8 nitrogen and oxygen atoms in total. The number of imidazole rings is 1. The lowest BCUT2D eigenvalue weighted by Crippen LogP contribution is -2.16. The van der Waals surface area contributed by atoms with Crippen molar-refractivity contribution in [1.82, 2.24) is 19.5 Å². The Kier molecular flexibility index (Phi) is 3.44. The molecule has 2 aromatic carbocycles. The van der Waals surface area contributed by atoms with E-state index in [1.165, 1.54) is 4.57 Å². The first-order chi connectivity index (χ1) is 13.4. The number of sulfone groups is 1. The summed E-state index contributed by atoms with van der Waals surface area (Å²) in [5, 5.41) is 0.650. The van der Waals surface area contributed by atoms with Gasteiger partial charge in [0, 0.05) is 11.6 Å². The van der Waals surface area contributed by atoms with Crippen LogP contribution >= 0.6 is 0 Å². The molecule has 0 aliphatic carbocycles. The van der Waals surface area contributed by atoms with Crippen LogP contribution in [0.2, 0.25) is 0 Å². The summed E-state index contributed by atoms with van der Waals surface area (Å²) < 4.78 is 31.6. The van der Waals surface area contributed by atoms with Gasteiger partial charge in [-0.25, -0.2) is 18.4 Å². The minimum atomic E-state index is -3.58. The van der Waals surface area contributed by atoms with E-state index in [1.807, 2.05) is 18.2 Å². The van der Waals surface area contributed by atoms with Gasteiger partial charge in [-0.3, -0.25) is 4.79 Å². The number of benzene rings is 2. The third-order valence-electron chi connectivity index (χ3n) is 4.54. The van der Waals surface area contributed by atoms with E-state index in [4.69, 9.17) is 4.42 Å². The maximum Gasteiger partial charge on any atom is 0.294 e. The smallest absolute Gasteiger partial charge is 0.294 e. The second-order valence-corrected chi connectivity index (χ2v) is 8.44. The van der Waals surface area contributed by atoms with Crippen LogP contribution in [0.15, 0.2) is 62.9 Å². The quantitative estimate of drug-likeness (QED) is 0.503. The van der Waals surface area contributed by atoms with Crippen molar-refractivity contribution in [2.75, 3.05) is 6.26 Å². The Bertz CT molecular complexity index is 1540. The molecule has 3 aromatic heterocycles. The number of hydrogen-bond donors (Lipinski definition) is 1. The maximum atomic E-state index is 12.5. The minimum Gasteiger partial charge on any atom is -0.449 e. The summed E-state index contributed by atoms with van der Waals surface area (Å²) in [6.45, 7) is 0.0492. The van der Waals surface area contributed by atoms with Crippen LogP contribution < -0.4 is 5.56 Å². The molecule has 0 spiro atoms. The Labute approximate surface area is 158 Å². The molecule has 0 atom stereocenters. The highest BCUT2D eigenvalue weighted by Gasteiger charge is 2.21. The van der Waals surface area contributed by atoms with Crippen LogP contribution in [0.25, 0.3) is 33.1 Å². The number of furan rings is 1. The summed E-state index contributed by atoms with van der Waals surface area (Å²) >= 11 is 0. The van der Waals surface area contributed by atoms with Crippen molar-refractivity contribution < 1.29 is 12.8 Å². The summed E-state index contributed by atoms with van der Waals surface area (Å²) in [4.78, 5) is 24.0. The van der Waals surface area contributed by atoms with Gasteiger partial charge in [-0.1, -0.05) is 24.3 Å². The molecule has 0 aliphatic heterocycles. The predicted molar refractivity (Wildman–Crippen MR) is 104 cm³/mol. The van der Waals surface area contributed by atoms with Crippen LogP contribution in [0.1, 0.15) is 5.82 Å². The van der Waals surface area contributed by atoms with Gasteiger partial charge in [0.25, 0.3) is 5.56 Å². The second kappa shape index (κ2) is 5.77. The fourth-order valence-electron chi connectivity index (χ4n) is 3.36. The summed E-state index contributed by atoms with van der Waals surface area (Å²) in [7, 11) is -3.58. The van der Waals surface area contributed by atoms with Gasteiger partial charge < -0.3 is 14.0 Å². The van der Waals surface area contributed by atoms with Crippen molar-refractivity contribution >= 4 is 42.9 Å². The number of aromatic nitrogens is 4. The zero-order valence-electron chi connectivity index (χ0n) is 14.7. The van der Waals surface area contributed by atoms with Gasteiger partial charge in [-0.15, -0.1) is 0 Å². The molecule has 0 bridgehead atoms. The van der Waals surface area contributed by atoms with E-state index in [0.29, 0.717) is 28.0 Å². The van der Waals surface area contributed by atoms with Gasteiger partial charge in [0.05, 0.1) is 17.6 Å². The van der Waals surface area contributed by atoms with Gasteiger partial charge in [0.1, 0.15) is 16.9 Å². The number of rotatable bonds is 3. The van der Waals surface area contributed by atoms with Crippen LogP contribution in [-0.4, -0.2) is 34.2 Å². The fourth-order valence-corrected chi connectivity index (χ4v) is 4.19. The molecular weight excluding hydrogens is 380 g/mol. The molecule has 1 N–H and O–H groups in total. The van der Waals surface area contributed by atoms with Gasteiger partial charge >= 0.3 is 0 Å². The van der Waals surface area contributed by atoms with E-state index in [0.717, 1.165) is 11.6 Å². The number of para-hydroxylation sites is 3. The molecule has 0 aliphatic rings. The SMILES string of the molecule is CS(=O)(=O)c1nc2ccccc2n1Cc1nc2c(oc3ccccc32)c(=O)[nH]1. The molecule has 9 heteroatoms. The topological polar surface area (TPSA) is 111 Å². The third kappa shape index (κ3) is 2.51. The van der Waals surface area contributed by atoms with Crippen LogP contribution in [0.3, 0.4) is 0 Å². The minimum absolute atomic E-state index is 0.0492. The van der Waals surface area contributed by atoms with Crippen molar-refractivity contribution in [2.24, 2.45) is 0 Å². The summed E-state index contributed by atoms with van der Waals surface area (Å²) in [6.07, 6.45) is 1.10. The number of nitrogens with zero attached hydrogens (tertiary/aromatic N) is 3. The number of H-pyrrole nitrogens is 1. The Morgan fingerprint density at radius 1 is 1.07 bits per heavy atom. The van der Waals surface area contributed by atoms with E-state index in [-0.39, 0.29) is 17.3 Å². The van der Waals surface area contributed by atoms with Gasteiger partial charge in [-0.2, -0.15) is 0 Å². The molecule has 0 unspecified atom stereocenters. The first-order valence-electron chi connectivity index (χ1n) is 8.47. The van der Waals surface area contributed by atoms with E-state index in [9.17, 15) is 13.2 Å².